The molecule has 1 amide bonds. The van der Waals surface area contributed by atoms with Crippen LogP contribution in [0.25, 0.3) is 0 Å². The molecule has 1 fully saturated rings. The van der Waals surface area contributed by atoms with Crippen molar-refractivity contribution in [2.24, 2.45) is 11.8 Å². The van der Waals surface area contributed by atoms with Crippen molar-refractivity contribution in [3.05, 3.63) is 95.8 Å². The van der Waals surface area contributed by atoms with E-state index >= 15 is 0 Å². The Labute approximate surface area is 208 Å². The van der Waals surface area contributed by atoms with E-state index in [0.717, 1.165) is 36.9 Å². The van der Waals surface area contributed by atoms with E-state index in [-0.39, 0.29) is 24.3 Å². The monoisotopic (exact) mass is 491 g/mol. The molecule has 4 rings (SSSR count). The fraction of sp³-hybridized carbons (Fsp3) is 0.357. The molecule has 1 N–H and O–H groups in total. The number of nitrogens with zero attached hydrogens (tertiary/aromatic N) is 2. The zero-order valence-corrected chi connectivity index (χ0v) is 21.0. The van der Waals surface area contributed by atoms with Gasteiger partial charge in [-0.05, 0) is 68.4 Å². The molecule has 1 heterocycles. The fourth-order valence-corrected chi connectivity index (χ4v) is 6.10. The van der Waals surface area contributed by atoms with Gasteiger partial charge in [0.25, 0.3) is 0 Å². The third-order valence-electron chi connectivity index (χ3n) is 6.71. The fourth-order valence-electron chi connectivity index (χ4n) is 4.60. The maximum atomic E-state index is 13.5. The summed E-state index contributed by atoms with van der Waals surface area (Å²) in [5, 5.41) is 3.07. The lowest BCUT2D eigenvalue weighted by atomic mass is 9.81. The molecule has 0 atom stereocenters. The number of aryl methyl sites for hydroxylation is 1. The normalized spacial score (nSPS) is 18.3. The van der Waals surface area contributed by atoms with Gasteiger partial charge < -0.3 is 5.32 Å². The predicted molar refractivity (Wildman–Crippen MR) is 137 cm³/mol. The van der Waals surface area contributed by atoms with E-state index in [4.69, 9.17) is 0 Å². The first-order chi connectivity index (χ1) is 16.9. The molecule has 1 saturated carbocycles. The van der Waals surface area contributed by atoms with Gasteiger partial charge >= 0.3 is 0 Å². The summed E-state index contributed by atoms with van der Waals surface area (Å²) in [4.78, 5) is 17.4. The zero-order valence-electron chi connectivity index (χ0n) is 20.1. The van der Waals surface area contributed by atoms with Crippen LogP contribution in [0, 0.1) is 18.8 Å². The first-order valence-corrected chi connectivity index (χ1v) is 13.6. The molecule has 0 bridgehead atoms. The minimum atomic E-state index is -3.66. The van der Waals surface area contributed by atoms with Gasteiger partial charge in [-0.2, -0.15) is 4.31 Å². The van der Waals surface area contributed by atoms with E-state index in [9.17, 15) is 13.2 Å². The first kappa shape index (κ1) is 25.1. The highest BCUT2D eigenvalue weighted by molar-refractivity contribution is 7.89. The van der Waals surface area contributed by atoms with Gasteiger partial charge in [0, 0.05) is 25.2 Å². The summed E-state index contributed by atoms with van der Waals surface area (Å²) in [7, 11) is -3.66. The summed E-state index contributed by atoms with van der Waals surface area (Å²) in [6, 6.07) is 22.3. The highest BCUT2D eigenvalue weighted by Gasteiger charge is 2.31. The minimum Gasteiger partial charge on any atom is -0.352 e. The van der Waals surface area contributed by atoms with E-state index in [1.165, 1.54) is 5.56 Å². The van der Waals surface area contributed by atoms with Crippen molar-refractivity contribution in [3.63, 3.8) is 0 Å². The van der Waals surface area contributed by atoms with Gasteiger partial charge in [0.15, 0.2) is 0 Å². The Kier molecular flexibility index (Phi) is 8.31. The van der Waals surface area contributed by atoms with Crippen LogP contribution >= 0.6 is 0 Å². The maximum Gasteiger partial charge on any atom is 0.243 e. The number of pyridine rings is 1. The SMILES string of the molecule is Cc1ccc(CNC(=O)C2CCC(CN(Cc3ccccn3)S(=O)(=O)c3ccccc3)CC2)cc1. The Balaban J connectivity index is 1.37. The standard InChI is InChI=1S/C28H33N3O3S/c1-22-10-12-23(13-11-22)19-30-28(32)25-16-14-24(15-17-25)20-31(21-26-7-5-6-18-29-26)35(33,34)27-8-3-2-4-9-27/h2-13,18,24-25H,14-17,19-21H2,1H3,(H,30,32). The van der Waals surface area contributed by atoms with Crippen LogP contribution in [0.3, 0.4) is 0 Å². The van der Waals surface area contributed by atoms with Crippen molar-refractivity contribution in [2.45, 2.75) is 50.6 Å². The van der Waals surface area contributed by atoms with E-state index in [0.29, 0.717) is 18.0 Å². The third-order valence-corrected chi connectivity index (χ3v) is 8.54. The maximum absolute atomic E-state index is 13.5. The summed E-state index contributed by atoms with van der Waals surface area (Å²) in [6.45, 7) is 3.23. The molecule has 0 saturated heterocycles. The second-order valence-electron chi connectivity index (χ2n) is 9.35. The van der Waals surface area contributed by atoms with Gasteiger partial charge in [-0.3, -0.25) is 9.78 Å². The number of sulfonamides is 1. The lowest BCUT2D eigenvalue weighted by Crippen LogP contribution is -2.38. The summed E-state index contributed by atoms with van der Waals surface area (Å²) < 4.78 is 28.5. The van der Waals surface area contributed by atoms with Crippen LogP contribution in [0.5, 0.6) is 0 Å². The average molecular weight is 492 g/mol. The third kappa shape index (κ3) is 6.77. The highest BCUT2D eigenvalue weighted by atomic mass is 32.2. The summed E-state index contributed by atoms with van der Waals surface area (Å²) >= 11 is 0. The molecular formula is C28H33N3O3S. The average Bonchev–Trinajstić information content (AvgIpc) is 2.89. The number of hydrogen-bond donors (Lipinski definition) is 1. The lowest BCUT2D eigenvalue weighted by molar-refractivity contribution is -0.126. The summed E-state index contributed by atoms with van der Waals surface area (Å²) in [5.41, 5.74) is 3.01. The number of aromatic nitrogens is 1. The van der Waals surface area contributed by atoms with Gasteiger partial charge in [0.1, 0.15) is 0 Å². The van der Waals surface area contributed by atoms with E-state index in [1.54, 1.807) is 34.8 Å². The van der Waals surface area contributed by atoms with Crippen molar-refractivity contribution >= 4 is 15.9 Å². The molecule has 3 aromatic rings. The Morgan fingerprint density at radius 2 is 1.63 bits per heavy atom. The van der Waals surface area contributed by atoms with Crippen LogP contribution in [0.2, 0.25) is 0 Å². The van der Waals surface area contributed by atoms with Gasteiger partial charge in [-0.25, -0.2) is 8.42 Å². The summed E-state index contributed by atoms with van der Waals surface area (Å²) in [6.07, 6.45) is 4.88. The van der Waals surface area contributed by atoms with E-state index < -0.39 is 10.0 Å². The van der Waals surface area contributed by atoms with Gasteiger partial charge in [-0.15, -0.1) is 0 Å². The van der Waals surface area contributed by atoms with Crippen LogP contribution in [0.1, 0.15) is 42.5 Å². The Morgan fingerprint density at radius 3 is 2.29 bits per heavy atom. The quantitative estimate of drug-likeness (QED) is 0.470. The van der Waals surface area contributed by atoms with Crippen LogP contribution in [-0.2, 0) is 27.9 Å². The van der Waals surface area contributed by atoms with Crippen molar-refractivity contribution in [2.75, 3.05) is 6.54 Å². The number of benzene rings is 2. The number of rotatable bonds is 9. The number of hydrogen-bond acceptors (Lipinski definition) is 4. The second kappa shape index (κ2) is 11.6. The van der Waals surface area contributed by atoms with Crippen molar-refractivity contribution < 1.29 is 13.2 Å². The predicted octanol–water partition coefficient (Wildman–Crippen LogP) is 4.70. The molecule has 184 valence electrons. The van der Waals surface area contributed by atoms with Gasteiger partial charge in [0.05, 0.1) is 17.1 Å². The molecule has 0 spiro atoms. The molecule has 0 radical (unpaired) electrons. The number of carbonyl (C=O) groups is 1. The van der Waals surface area contributed by atoms with Crippen LogP contribution in [-0.4, -0.2) is 30.2 Å². The molecule has 6 nitrogen and oxygen atoms in total. The molecule has 0 unspecified atom stereocenters. The second-order valence-corrected chi connectivity index (χ2v) is 11.3. The zero-order chi connectivity index (χ0) is 24.7. The Hall–Kier alpha value is -3.03. The minimum absolute atomic E-state index is 0.0216. The molecular weight excluding hydrogens is 458 g/mol. The van der Waals surface area contributed by atoms with Crippen LogP contribution in [0.15, 0.2) is 83.9 Å². The van der Waals surface area contributed by atoms with Gasteiger partial charge in [-0.1, -0.05) is 54.1 Å². The number of amides is 1. The van der Waals surface area contributed by atoms with Crippen LogP contribution in [0.4, 0.5) is 0 Å². The van der Waals surface area contributed by atoms with E-state index in [1.807, 2.05) is 55.5 Å². The van der Waals surface area contributed by atoms with Crippen molar-refractivity contribution in [1.82, 2.24) is 14.6 Å². The Bertz CT molecular complexity index is 1190. The lowest BCUT2D eigenvalue weighted by Gasteiger charge is -2.32. The smallest absolute Gasteiger partial charge is 0.243 e. The number of nitrogens with one attached hydrogen (secondary N) is 1. The van der Waals surface area contributed by atoms with E-state index in [2.05, 4.69) is 10.3 Å². The molecule has 1 aliphatic rings. The molecule has 1 aliphatic carbocycles. The molecule has 0 aliphatic heterocycles. The first-order valence-electron chi connectivity index (χ1n) is 12.2. The van der Waals surface area contributed by atoms with Crippen molar-refractivity contribution in [1.29, 1.82) is 0 Å². The molecule has 1 aromatic heterocycles. The highest BCUT2D eigenvalue weighted by Crippen LogP contribution is 2.31. The van der Waals surface area contributed by atoms with Gasteiger partial charge in [0.2, 0.25) is 15.9 Å². The topological polar surface area (TPSA) is 79.4 Å². The van der Waals surface area contributed by atoms with Crippen LogP contribution < -0.4 is 5.32 Å². The summed E-state index contributed by atoms with van der Waals surface area (Å²) in [5.74, 6) is 0.274. The molecule has 2 aromatic carbocycles. The molecule has 7 heteroatoms. The van der Waals surface area contributed by atoms with Crippen molar-refractivity contribution in [3.8, 4) is 0 Å². The molecule has 35 heavy (non-hydrogen) atoms. The number of carbonyl (C=O) groups excluding carboxylic acids is 1. The Morgan fingerprint density at radius 1 is 0.943 bits per heavy atom. The largest absolute Gasteiger partial charge is 0.352 e.